The fourth-order valence-corrected chi connectivity index (χ4v) is 3.24. The molecule has 1 atom stereocenters. The highest BCUT2D eigenvalue weighted by atomic mass is 35.5. The van der Waals surface area contributed by atoms with Gasteiger partial charge in [-0.3, -0.25) is 4.79 Å². The van der Waals surface area contributed by atoms with Crippen LogP contribution in [0.2, 0.25) is 5.02 Å². The third-order valence-electron chi connectivity index (χ3n) is 4.28. The number of benzene rings is 2. The van der Waals surface area contributed by atoms with Crippen LogP contribution in [0.25, 0.3) is 0 Å². The van der Waals surface area contributed by atoms with Crippen molar-refractivity contribution >= 4 is 27.6 Å². The molecule has 0 aliphatic carbocycles. The lowest BCUT2D eigenvalue weighted by Gasteiger charge is -2.29. The minimum Gasteiger partial charge on any atom is -0.382 e. The summed E-state index contributed by atoms with van der Waals surface area (Å²) in [7, 11) is -3.60. The van der Waals surface area contributed by atoms with E-state index in [1.807, 2.05) is 19.9 Å². The van der Waals surface area contributed by atoms with Crippen molar-refractivity contribution in [3.63, 3.8) is 0 Å². The maximum atomic E-state index is 13.0. The first-order valence-electron chi connectivity index (χ1n) is 8.83. The summed E-state index contributed by atoms with van der Waals surface area (Å²) in [5.74, 6) is 0.0109. The number of carbonyl (C=O) groups excluding carboxylic acids is 1. The smallest absolute Gasteiger partial charge is 0.308 e. The largest absolute Gasteiger partial charge is 0.382 e. The van der Waals surface area contributed by atoms with Gasteiger partial charge in [-0.2, -0.15) is 8.42 Å². The van der Waals surface area contributed by atoms with Gasteiger partial charge in [0.25, 0.3) is 5.91 Å². The van der Waals surface area contributed by atoms with E-state index in [-0.39, 0.29) is 23.5 Å². The van der Waals surface area contributed by atoms with Gasteiger partial charge < -0.3 is 9.08 Å². The molecule has 0 heterocycles. The summed E-state index contributed by atoms with van der Waals surface area (Å²) in [6.45, 7) is 5.85. The van der Waals surface area contributed by atoms with Crippen molar-refractivity contribution in [2.75, 3.05) is 5.75 Å². The molecule has 2 aromatic carbocycles. The molecule has 1 amide bonds. The van der Waals surface area contributed by atoms with Crippen LogP contribution in [0.4, 0.5) is 0 Å². The maximum absolute atomic E-state index is 13.0. The molecule has 0 N–H and O–H groups in total. The fourth-order valence-electron chi connectivity index (χ4n) is 2.53. The third kappa shape index (κ3) is 5.97. The van der Waals surface area contributed by atoms with Crippen LogP contribution in [-0.2, 0) is 16.7 Å². The second-order valence-electron chi connectivity index (χ2n) is 6.28. The average molecular weight is 410 g/mol. The average Bonchev–Trinajstić information content (AvgIpc) is 2.65. The molecule has 7 heteroatoms. The monoisotopic (exact) mass is 409 g/mol. The first-order chi connectivity index (χ1) is 12.8. The summed E-state index contributed by atoms with van der Waals surface area (Å²) in [6, 6.07) is 13.6. The summed E-state index contributed by atoms with van der Waals surface area (Å²) in [6.07, 6.45) is 0.784. The van der Waals surface area contributed by atoms with E-state index in [1.165, 1.54) is 6.92 Å². The van der Waals surface area contributed by atoms with Crippen molar-refractivity contribution in [1.82, 2.24) is 4.90 Å². The number of halogens is 1. The van der Waals surface area contributed by atoms with E-state index < -0.39 is 10.1 Å². The van der Waals surface area contributed by atoms with E-state index in [9.17, 15) is 13.2 Å². The molecule has 0 aliphatic rings. The Labute approximate surface area is 166 Å². The van der Waals surface area contributed by atoms with Gasteiger partial charge >= 0.3 is 10.1 Å². The summed E-state index contributed by atoms with van der Waals surface area (Å²) >= 11 is 6.02. The van der Waals surface area contributed by atoms with Gasteiger partial charge in [0, 0.05) is 23.2 Å². The van der Waals surface area contributed by atoms with Crippen molar-refractivity contribution in [3.05, 3.63) is 64.7 Å². The fraction of sp³-hybridized carbons (Fsp3) is 0.350. The highest BCUT2D eigenvalue weighted by Gasteiger charge is 2.21. The van der Waals surface area contributed by atoms with Crippen LogP contribution in [0.1, 0.15) is 43.1 Å². The Morgan fingerprint density at radius 2 is 1.85 bits per heavy atom. The zero-order valence-corrected chi connectivity index (χ0v) is 17.3. The number of rotatable bonds is 8. The Balaban J connectivity index is 2.28. The molecule has 5 nitrogen and oxygen atoms in total. The molecule has 0 fully saturated rings. The van der Waals surface area contributed by atoms with Gasteiger partial charge in [-0.25, -0.2) is 0 Å². The van der Waals surface area contributed by atoms with Crippen LogP contribution >= 0.6 is 11.6 Å². The standard InChI is InChI=1S/C20H24ClNO4S/c1-4-15(3)22(20(23)17-9-7-10-18(21)13-17)14-16-8-6-11-19(12-16)26-27(24,25)5-2/h6-13,15H,4-5,14H2,1-3H3. The number of amides is 1. The summed E-state index contributed by atoms with van der Waals surface area (Å²) < 4.78 is 28.4. The van der Waals surface area contributed by atoms with Crippen molar-refractivity contribution in [2.24, 2.45) is 0 Å². The van der Waals surface area contributed by atoms with Crippen molar-refractivity contribution in [2.45, 2.75) is 39.8 Å². The summed E-state index contributed by atoms with van der Waals surface area (Å²) in [5, 5.41) is 0.505. The molecule has 2 rings (SSSR count). The molecule has 146 valence electrons. The third-order valence-corrected chi connectivity index (χ3v) is 5.67. The lowest BCUT2D eigenvalue weighted by atomic mass is 10.1. The van der Waals surface area contributed by atoms with Crippen molar-refractivity contribution in [3.8, 4) is 5.75 Å². The molecule has 0 spiro atoms. The topological polar surface area (TPSA) is 63.7 Å². The highest BCUT2D eigenvalue weighted by Crippen LogP contribution is 2.21. The summed E-state index contributed by atoms with van der Waals surface area (Å²) in [5.41, 5.74) is 1.30. The first-order valence-corrected chi connectivity index (χ1v) is 10.8. The molecular formula is C20H24ClNO4S. The van der Waals surface area contributed by atoms with E-state index in [4.69, 9.17) is 15.8 Å². The van der Waals surface area contributed by atoms with Gasteiger partial charge in [-0.15, -0.1) is 0 Å². The van der Waals surface area contributed by atoms with Gasteiger partial charge in [0.2, 0.25) is 0 Å². The zero-order chi connectivity index (χ0) is 20.0. The number of hydrogen-bond donors (Lipinski definition) is 0. The predicted molar refractivity (Wildman–Crippen MR) is 108 cm³/mol. The van der Waals surface area contributed by atoms with Crippen LogP contribution in [-0.4, -0.2) is 31.0 Å². The lowest BCUT2D eigenvalue weighted by Crippen LogP contribution is -2.37. The number of carbonyl (C=O) groups is 1. The first kappa shape index (κ1) is 21.3. The van der Waals surface area contributed by atoms with Gasteiger partial charge in [0.05, 0.1) is 5.75 Å². The van der Waals surface area contributed by atoms with Gasteiger partial charge in [0.15, 0.2) is 0 Å². The number of hydrogen-bond acceptors (Lipinski definition) is 4. The molecule has 1 unspecified atom stereocenters. The van der Waals surface area contributed by atoms with Gasteiger partial charge in [-0.05, 0) is 56.2 Å². The van der Waals surface area contributed by atoms with Crippen LogP contribution < -0.4 is 4.18 Å². The van der Waals surface area contributed by atoms with Gasteiger partial charge in [0.1, 0.15) is 5.75 Å². The lowest BCUT2D eigenvalue weighted by molar-refractivity contribution is 0.0671. The van der Waals surface area contributed by atoms with Crippen LogP contribution in [0.3, 0.4) is 0 Å². The SMILES string of the molecule is CCC(C)N(Cc1cccc(OS(=O)(=O)CC)c1)C(=O)c1cccc(Cl)c1. The highest BCUT2D eigenvalue weighted by molar-refractivity contribution is 7.87. The molecule has 2 aromatic rings. The Morgan fingerprint density at radius 3 is 2.48 bits per heavy atom. The van der Waals surface area contributed by atoms with E-state index in [1.54, 1.807) is 47.4 Å². The minimum atomic E-state index is -3.60. The molecule has 0 radical (unpaired) electrons. The van der Waals surface area contributed by atoms with Gasteiger partial charge in [-0.1, -0.05) is 36.7 Å². The Bertz CT molecular complexity index is 898. The molecule has 0 bridgehead atoms. The van der Waals surface area contributed by atoms with Crippen molar-refractivity contribution in [1.29, 1.82) is 0 Å². The second kappa shape index (κ2) is 9.24. The normalized spacial score (nSPS) is 12.4. The molecular weight excluding hydrogens is 386 g/mol. The molecule has 0 aliphatic heterocycles. The van der Waals surface area contributed by atoms with E-state index in [0.29, 0.717) is 17.1 Å². The predicted octanol–water partition coefficient (Wildman–Crippen LogP) is 4.51. The second-order valence-corrected chi connectivity index (χ2v) is 8.57. The molecule has 0 aromatic heterocycles. The Hall–Kier alpha value is -2.05. The molecule has 27 heavy (non-hydrogen) atoms. The molecule has 0 saturated carbocycles. The van der Waals surface area contributed by atoms with Crippen molar-refractivity contribution < 1.29 is 17.4 Å². The minimum absolute atomic E-state index is 0.000399. The van der Waals surface area contributed by atoms with E-state index in [2.05, 4.69) is 0 Å². The Morgan fingerprint density at radius 1 is 1.15 bits per heavy atom. The molecule has 0 saturated heterocycles. The van der Waals surface area contributed by atoms with Crippen LogP contribution in [0.15, 0.2) is 48.5 Å². The maximum Gasteiger partial charge on any atom is 0.308 e. The summed E-state index contributed by atoms with van der Waals surface area (Å²) in [4.78, 5) is 14.8. The zero-order valence-electron chi connectivity index (χ0n) is 15.7. The quantitative estimate of drug-likeness (QED) is 0.602. The number of nitrogens with zero attached hydrogens (tertiary/aromatic N) is 1. The van der Waals surface area contributed by atoms with E-state index >= 15 is 0 Å². The van der Waals surface area contributed by atoms with E-state index in [0.717, 1.165) is 12.0 Å². The van der Waals surface area contributed by atoms with Crippen LogP contribution in [0.5, 0.6) is 5.75 Å². The van der Waals surface area contributed by atoms with Crippen LogP contribution in [0, 0.1) is 0 Å². The Kier molecular flexibility index (Phi) is 7.27.